The van der Waals surface area contributed by atoms with Crippen LogP contribution in [-0.4, -0.2) is 60.3 Å². The van der Waals surface area contributed by atoms with Gasteiger partial charge in [0.25, 0.3) is 0 Å². The first-order valence-electron chi connectivity index (χ1n) is 14.7. The van der Waals surface area contributed by atoms with Crippen molar-refractivity contribution in [2.24, 2.45) is 0 Å². The van der Waals surface area contributed by atoms with Crippen molar-refractivity contribution in [3.63, 3.8) is 0 Å². The lowest BCUT2D eigenvalue weighted by molar-refractivity contribution is 0.0619. The third-order valence-corrected chi connectivity index (χ3v) is 10.4. The molecule has 0 aliphatic carbocycles. The zero-order valence-electron chi connectivity index (χ0n) is 23.8. The Hall–Kier alpha value is -3.46. The largest absolute Gasteiger partial charge is 0.489 e. The van der Waals surface area contributed by atoms with Gasteiger partial charge in [-0.25, -0.2) is 8.78 Å². The van der Waals surface area contributed by atoms with E-state index in [-0.39, 0.29) is 60.2 Å². The second kappa shape index (κ2) is 11.2. The Balaban J connectivity index is 1.46. The quantitative estimate of drug-likeness (QED) is 0.263. The summed E-state index contributed by atoms with van der Waals surface area (Å²) in [5.74, 6) is -0.478. The van der Waals surface area contributed by atoms with Crippen LogP contribution in [0.2, 0.25) is 5.02 Å². The number of ether oxygens (including phenoxy) is 2. The van der Waals surface area contributed by atoms with E-state index >= 15 is 4.39 Å². The van der Waals surface area contributed by atoms with Crippen molar-refractivity contribution in [1.82, 2.24) is 14.9 Å². The van der Waals surface area contributed by atoms with Gasteiger partial charge in [-0.2, -0.15) is 15.2 Å². The molecule has 7 rings (SSSR count). The molecule has 3 aliphatic heterocycles. The molecule has 2 N–H and O–H groups in total. The molecule has 2 unspecified atom stereocenters. The standard InChI is InChI=1S/C31H31ClF2N6O2S/c1-39-11-9-16(39)14-17-6-4-2-3-5-10-40-12-13-41-27-23-26(37-31(42-17)38-30(23)40)25(34)22(24(27)32)18-7-8-20(33)28-21(18)19(15-35)29(36)43-28/h7-8,16-17H,2-6,9-14,36H2,1H3. The normalized spacial score (nSPS) is 21.0. The molecule has 4 aromatic rings. The number of nitriles is 1. The Kier molecular flexibility index (Phi) is 7.40. The Morgan fingerprint density at radius 3 is 2.72 bits per heavy atom. The van der Waals surface area contributed by atoms with E-state index in [9.17, 15) is 9.65 Å². The summed E-state index contributed by atoms with van der Waals surface area (Å²) in [6.07, 6.45) is 6.92. The van der Waals surface area contributed by atoms with Gasteiger partial charge < -0.3 is 25.0 Å². The third kappa shape index (κ3) is 4.80. The number of nitrogens with zero attached hydrogens (tertiary/aromatic N) is 5. The van der Waals surface area contributed by atoms with Gasteiger partial charge >= 0.3 is 6.01 Å². The van der Waals surface area contributed by atoms with E-state index in [0.717, 1.165) is 69.4 Å². The predicted molar refractivity (Wildman–Crippen MR) is 165 cm³/mol. The summed E-state index contributed by atoms with van der Waals surface area (Å²) in [6, 6.07) is 5.26. The number of rotatable bonds is 3. The van der Waals surface area contributed by atoms with Crippen molar-refractivity contribution < 1.29 is 18.3 Å². The second-order valence-electron chi connectivity index (χ2n) is 11.6. The summed E-state index contributed by atoms with van der Waals surface area (Å²) in [4.78, 5) is 13.9. The maximum Gasteiger partial charge on any atom is 0.319 e. The molecule has 0 saturated carbocycles. The number of thiophene rings is 1. The first-order valence-corrected chi connectivity index (χ1v) is 15.9. The molecule has 3 aliphatic rings. The third-order valence-electron chi connectivity index (χ3n) is 9.00. The Morgan fingerprint density at radius 1 is 1.12 bits per heavy atom. The molecule has 0 radical (unpaired) electrons. The van der Waals surface area contributed by atoms with Crippen molar-refractivity contribution in [2.75, 3.05) is 43.9 Å². The van der Waals surface area contributed by atoms with Crippen molar-refractivity contribution in [1.29, 1.82) is 5.26 Å². The van der Waals surface area contributed by atoms with Crippen LogP contribution in [0.1, 0.15) is 50.5 Å². The molecule has 224 valence electrons. The van der Waals surface area contributed by atoms with Crippen LogP contribution in [0.15, 0.2) is 12.1 Å². The summed E-state index contributed by atoms with van der Waals surface area (Å²) in [7, 11) is 2.12. The van der Waals surface area contributed by atoms with Crippen LogP contribution >= 0.6 is 22.9 Å². The molecule has 0 amide bonds. The SMILES string of the molecule is CN1CCC1CC1CCCCCCN2CCOc3c(Cl)c(-c4ccc(F)c5sc(N)c(C#N)c45)c(F)c4nc(nc2c34)O1. The summed E-state index contributed by atoms with van der Waals surface area (Å²) in [5.41, 5.74) is 6.39. The lowest BCUT2D eigenvalue weighted by Crippen LogP contribution is -2.47. The van der Waals surface area contributed by atoms with Gasteiger partial charge in [-0.15, -0.1) is 11.3 Å². The average Bonchev–Trinajstić information content (AvgIpc) is 3.23. The van der Waals surface area contributed by atoms with Crippen LogP contribution in [0.5, 0.6) is 11.8 Å². The molecular formula is C31H31ClF2N6O2S. The first-order chi connectivity index (χ1) is 20.9. The molecule has 0 spiro atoms. The van der Waals surface area contributed by atoms with Crippen molar-refractivity contribution in [3.05, 3.63) is 34.4 Å². The van der Waals surface area contributed by atoms with Crippen molar-refractivity contribution in [2.45, 2.75) is 57.1 Å². The fourth-order valence-corrected chi connectivity index (χ4v) is 7.84. The Morgan fingerprint density at radius 2 is 1.95 bits per heavy atom. The number of halogens is 3. The zero-order valence-corrected chi connectivity index (χ0v) is 25.3. The highest BCUT2D eigenvalue weighted by atomic mass is 35.5. The van der Waals surface area contributed by atoms with Crippen LogP contribution in [0.25, 0.3) is 32.1 Å². The second-order valence-corrected chi connectivity index (χ2v) is 13.0. The predicted octanol–water partition coefficient (Wildman–Crippen LogP) is 6.90. The van der Waals surface area contributed by atoms with Gasteiger partial charge in [0.1, 0.15) is 40.9 Å². The van der Waals surface area contributed by atoms with E-state index in [4.69, 9.17) is 31.8 Å². The van der Waals surface area contributed by atoms with Crippen LogP contribution < -0.4 is 20.1 Å². The van der Waals surface area contributed by atoms with E-state index in [1.54, 1.807) is 0 Å². The molecule has 43 heavy (non-hydrogen) atoms. The van der Waals surface area contributed by atoms with Crippen molar-refractivity contribution >= 4 is 54.7 Å². The van der Waals surface area contributed by atoms with Crippen LogP contribution in [0.4, 0.5) is 19.6 Å². The number of hydrogen-bond acceptors (Lipinski definition) is 9. The summed E-state index contributed by atoms with van der Waals surface area (Å²) in [6.45, 7) is 2.63. The zero-order chi connectivity index (χ0) is 29.8. The maximum atomic E-state index is 16.9. The monoisotopic (exact) mass is 624 g/mol. The molecule has 2 bridgehead atoms. The van der Waals surface area contributed by atoms with E-state index < -0.39 is 11.6 Å². The summed E-state index contributed by atoms with van der Waals surface area (Å²) in [5, 5.41) is 10.6. The number of aromatic nitrogens is 2. The first kappa shape index (κ1) is 28.3. The fraction of sp³-hybridized carbons (Fsp3) is 0.452. The van der Waals surface area contributed by atoms with Gasteiger partial charge in [0, 0.05) is 23.5 Å². The fourth-order valence-electron chi connectivity index (χ4n) is 6.55. The maximum absolute atomic E-state index is 16.9. The minimum Gasteiger partial charge on any atom is -0.489 e. The minimum atomic E-state index is -0.716. The molecule has 1 fully saturated rings. The van der Waals surface area contributed by atoms with Crippen LogP contribution in [0, 0.1) is 23.0 Å². The minimum absolute atomic E-state index is 0.0112. The van der Waals surface area contributed by atoms with Gasteiger partial charge in [-0.3, -0.25) is 0 Å². The smallest absolute Gasteiger partial charge is 0.319 e. The van der Waals surface area contributed by atoms with Crippen LogP contribution in [-0.2, 0) is 0 Å². The number of hydrogen-bond donors (Lipinski definition) is 1. The molecule has 1 saturated heterocycles. The average molecular weight is 625 g/mol. The van der Waals surface area contributed by atoms with Gasteiger partial charge in [0.05, 0.1) is 27.2 Å². The highest BCUT2D eigenvalue weighted by molar-refractivity contribution is 7.23. The van der Waals surface area contributed by atoms with Gasteiger partial charge in [-0.1, -0.05) is 30.5 Å². The number of nitrogen functional groups attached to an aromatic ring is 1. The van der Waals surface area contributed by atoms with Crippen molar-refractivity contribution in [3.8, 4) is 29.0 Å². The highest BCUT2D eigenvalue weighted by Crippen LogP contribution is 2.50. The molecule has 8 nitrogen and oxygen atoms in total. The lowest BCUT2D eigenvalue weighted by atomic mass is 9.95. The summed E-state index contributed by atoms with van der Waals surface area (Å²) >= 11 is 7.92. The number of anilines is 2. The molecule has 12 heteroatoms. The topological polar surface area (TPSA) is 101 Å². The number of benzene rings is 2. The molecule has 2 aromatic heterocycles. The van der Waals surface area contributed by atoms with Gasteiger partial charge in [-0.05, 0) is 57.3 Å². The van der Waals surface area contributed by atoms with Crippen LogP contribution in [0.3, 0.4) is 0 Å². The Labute approximate surface area is 257 Å². The number of nitrogens with two attached hydrogens (primary N) is 1. The van der Waals surface area contributed by atoms with E-state index in [2.05, 4.69) is 27.9 Å². The highest BCUT2D eigenvalue weighted by Gasteiger charge is 2.33. The molecule has 2 atom stereocenters. The Bertz CT molecular complexity index is 1790. The molecular weight excluding hydrogens is 594 g/mol. The van der Waals surface area contributed by atoms with E-state index in [0.29, 0.717) is 30.4 Å². The van der Waals surface area contributed by atoms with E-state index in [1.807, 2.05) is 0 Å². The van der Waals surface area contributed by atoms with Gasteiger partial charge in [0.2, 0.25) is 0 Å². The van der Waals surface area contributed by atoms with E-state index in [1.165, 1.54) is 12.1 Å². The summed E-state index contributed by atoms with van der Waals surface area (Å²) < 4.78 is 44.6. The number of fused-ring (bicyclic) bond motifs is 2. The molecule has 5 heterocycles. The lowest BCUT2D eigenvalue weighted by Gasteiger charge is -2.39. The number of likely N-dealkylation sites (tertiary alicyclic amines) is 1. The van der Waals surface area contributed by atoms with Gasteiger partial charge in [0.15, 0.2) is 11.6 Å². The molecule has 2 aromatic carbocycles.